The van der Waals surface area contributed by atoms with Crippen molar-refractivity contribution in [2.75, 3.05) is 33.7 Å². The van der Waals surface area contributed by atoms with Gasteiger partial charge in [0.25, 0.3) is 0 Å². The van der Waals surface area contributed by atoms with E-state index in [0.29, 0.717) is 0 Å². The normalized spacial score (nSPS) is 11.7. The maximum Gasteiger partial charge on any atom is 0.125 e. The van der Waals surface area contributed by atoms with Crippen LogP contribution in [0, 0.1) is 5.82 Å². The van der Waals surface area contributed by atoms with Crippen LogP contribution in [0.25, 0.3) is 11.0 Å². The van der Waals surface area contributed by atoms with Crippen LogP contribution in [-0.2, 0) is 13.0 Å². The van der Waals surface area contributed by atoms with Crippen molar-refractivity contribution in [3.8, 4) is 0 Å². The number of nitrogens with one attached hydrogen (secondary N) is 1. The van der Waals surface area contributed by atoms with Gasteiger partial charge in [0.2, 0.25) is 0 Å². The zero-order valence-electron chi connectivity index (χ0n) is 13.2. The average molecular weight is 292 g/mol. The molecule has 0 aliphatic heterocycles. The first-order valence-electron chi connectivity index (χ1n) is 7.62. The van der Waals surface area contributed by atoms with Crippen molar-refractivity contribution < 1.29 is 4.39 Å². The average Bonchev–Trinajstić information content (AvgIpc) is 2.78. The van der Waals surface area contributed by atoms with Crippen LogP contribution in [0.15, 0.2) is 18.2 Å². The lowest BCUT2D eigenvalue weighted by atomic mass is 10.3. The zero-order chi connectivity index (χ0) is 15.2. The maximum atomic E-state index is 13.4. The molecule has 1 aromatic carbocycles. The van der Waals surface area contributed by atoms with Crippen LogP contribution in [-0.4, -0.2) is 48.2 Å². The third kappa shape index (κ3) is 4.25. The predicted molar refractivity (Wildman–Crippen MR) is 85.1 cm³/mol. The van der Waals surface area contributed by atoms with Crippen molar-refractivity contribution in [1.82, 2.24) is 19.8 Å². The molecule has 21 heavy (non-hydrogen) atoms. The van der Waals surface area contributed by atoms with Crippen molar-refractivity contribution in [2.24, 2.45) is 0 Å². The fourth-order valence-electron chi connectivity index (χ4n) is 2.40. The summed E-state index contributed by atoms with van der Waals surface area (Å²) in [5.74, 6) is 0.802. The first kappa shape index (κ1) is 15.9. The Morgan fingerprint density at radius 2 is 2.10 bits per heavy atom. The number of hydrogen-bond acceptors (Lipinski definition) is 3. The quantitative estimate of drug-likeness (QED) is 0.758. The predicted octanol–water partition coefficient (Wildman–Crippen LogP) is 2.28. The molecule has 0 saturated carbocycles. The third-order valence-electron chi connectivity index (χ3n) is 3.51. The van der Waals surface area contributed by atoms with E-state index in [1.54, 1.807) is 0 Å². The number of halogens is 1. The lowest BCUT2D eigenvalue weighted by Crippen LogP contribution is -2.22. The van der Waals surface area contributed by atoms with Crippen LogP contribution in [0.3, 0.4) is 0 Å². The molecule has 0 amide bonds. The first-order valence-corrected chi connectivity index (χ1v) is 7.62. The summed E-state index contributed by atoms with van der Waals surface area (Å²) in [4.78, 5) is 6.76. The van der Waals surface area contributed by atoms with Gasteiger partial charge in [0.05, 0.1) is 11.0 Å². The minimum Gasteiger partial charge on any atom is -0.327 e. The molecule has 5 heteroatoms. The molecular weight excluding hydrogens is 267 g/mol. The Bertz CT molecular complexity index is 577. The molecule has 2 aromatic rings. The molecule has 0 aliphatic carbocycles. The van der Waals surface area contributed by atoms with Gasteiger partial charge in [0.15, 0.2) is 0 Å². The number of fused-ring (bicyclic) bond motifs is 1. The summed E-state index contributed by atoms with van der Waals surface area (Å²) in [6, 6.07) is 4.86. The van der Waals surface area contributed by atoms with Crippen LogP contribution in [0.1, 0.15) is 19.2 Å². The van der Waals surface area contributed by atoms with Crippen molar-refractivity contribution in [3.63, 3.8) is 0 Å². The number of hydrogen-bond donors (Lipinski definition) is 1. The molecule has 4 nitrogen and oxygen atoms in total. The van der Waals surface area contributed by atoms with Crippen LogP contribution in [0.2, 0.25) is 0 Å². The van der Waals surface area contributed by atoms with Crippen LogP contribution in [0.5, 0.6) is 0 Å². The summed E-state index contributed by atoms with van der Waals surface area (Å²) in [5, 5.41) is 3.39. The van der Waals surface area contributed by atoms with Crippen LogP contribution in [0.4, 0.5) is 4.39 Å². The monoisotopic (exact) mass is 292 g/mol. The molecular formula is C16H25FN4. The lowest BCUT2D eigenvalue weighted by Gasteiger charge is -2.13. The molecule has 0 radical (unpaired) electrons. The van der Waals surface area contributed by atoms with Gasteiger partial charge in [-0.2, -0.15) is 0 Å². The number of nitrogens with zero attached hydrogens (tertiary/aromatic N) is 3. The van der Waals surface area contributed by atoms with Crippen molar-refractivity contribution in [1.29, 1.82) is 0 Å². The molecule has 1 heterocycles. The summed E-state index contributed by atoms with van der Waals surface area (Å²) in [6.07, 6.45) is 1.99. The van der Waals surface area contributed by atoms with E-state index in [2.05, 4.69) is 40.8 Å². The molecule has 0 spiro atoms. The smallest absolute Gasteiger partial charge is 0.125 e. The third-order valence-corrected chi connectivity index (χ3v) is 3.51. The fraction of sp³-hybridized carbons (Fsp3) is 0.562. The SMILES string of the molecule is CCCNCCc1nc2cc(F)ccc2n1CCN(C)C. The van der Waals surface area contributed by atoms with Gasteiger partial charge in [-0.05, 0) is 39.2 Å². The number of imidazole rings is 1. The Balaban J connectivity index is 2.21. The number of likely N-dealkylation sites (N-methyl/N-ethyl adjacent to an activating group) is 1. The van der Waals surface area contributed by atoms with Gasteiger partial charge < -0.3 is 14.8 Å². The second-order valence-corrected chi connectivity index (χ2v) is 5.62. The lowest BCUT2D eigenvalue weighted by molar-refractivity contribution is 0.383. The highest BCUT2D eigenvalue weighted by atomic mass is 19.1. The molecule has 0 saturated heterocycles. The van der Waals surface area contributed by atoms with Gasteiger partial charge in [0, 0.05) is 32.1 Å². The topological polar surface area (TPSA) is 33.1 Å². The van der Waals surface area contributed by atoms with Gasteiger partial charge in [-0.25, -0.2) is 9.37 Å². The van der Waals surface area contributed by atoms with E-state index < -0.39 is 0 Å². The maximum absolute atomic E-state index is 13.4. The summed E-state index contributed by atoms with van der Waals surface area (Å²) in [7, 11) is 4.11. The van der Waals surface area contributed by atoms with Crippen LogP contribution < -0.4 is 5.32 Å². The number of aromatic nitrogens is 2. The summed E-state index contributed by atoms with van der Waals surface area (Å²) in [6.45, 7) is 5.90. The largest absolute Gasteiger partial charge is 0.327 e. The van der Waals surface area contributed by atoms with Gasteiger partial charge in [-0.3, -0.25) is 0 Å². The van der Waals surface area contributed by atoms with E-state index in [1.165, 1.54) is 12.1 Å². The molecule has 0 unspecified atom stereocenters. The van der Waals surface area contributed by atoms with E-state index >= 15 is 0 Å². The Morgan fingerprint density at radius 3 is 2.81 bits per heavy atom. The number of rotatable bonds is 8. The van der Waals surface area contributed by atoms with E-state index in [4.69, 9.17) is 0 Å². The minimum absolute atomic E-state index is 0.226. The zero-order valence-corrected chi connectivity index (χ0v) is 13.2. The van der Waals surface area contributed by atoms with Crippen molar-refractivity contribution >= 4 is 11.0 Å². The Morgan fingerprint density at radius 1 is 1.29 bits per heavy atom. The highest BCUT2D eigenvalue weighted by Crippen LogP contribution is 2.18. The molecule has 0 fully saturated rings. The van der Waals surface area contributed by atoms with E-state index in [9.17, 15) is 4.39 Å². The molecule has 1 aromatic heterocycles. The second-order valence-electron chi connectivity index (χ2n) is 5.62. The van der Waals surface area contributed by atoms with E-state index in [0.717, 1.165) is 55.9 Å². The Hall–Kier alpha value is -1.46. The van der Waals surface area contributed by atoms with Crippen molar-refractivity contribution in [3.05, 3.63) is 29.8 Å². The summed E-state index contributed by atoms with van der Waals surface area (Å²) in [5.41, 5.74) is 1.77. The molecule has 2 rings (SSSR count). The molecule has 0 bridgehead atoms. The fourth-order valence-corrected chi connectivity index (χ4v) is 2.40. The minimum atomic E-state index is -0.226. The Kier molecular flexibility index (Phi) is 5.70. The first-order chi connectivity index (χ1) is 10.1. The second kappa shape index (κ2) is 7.52. The van der Waals surface area contributed by atoms with Gasteiger partial charge in [-0.15, -0.1) is 0 Å². The van der Waals surface area contributed by atoms with Gasteiger partial charge in [0.1, 0.15) is 11.6 Å². The molecule has 116 valence electrons. The highest BCUT2D eigenvalue weighted by Gasteiger charge is 2.11. The van der Waals surface area contributed by atoms with Gasteiger partial charge in [-0.1, -0.05) is 6.92 Å². The summed E-state index contributed by atoms with van der Waals surface area (Å²) < 4.78 is 15.6. The van der Waals surface area contributed by atoms with Crippen molar-refractivity contribution in [2.45, 2.75) is 26.3 Å². The molecule has 1 N–H and O–H groups in total. The van der Waals surface area contributed by atoms with Gasteiger partial charge >= 0.3 is 0 Å². The highest BCUT2D eigenvalue weighted by molar-refractivity contribution is 5.76. The molecule has 0 aliphatic rings. The molecule has 0 atom stereocenters. The van der Waals surface area contributed by atoms with E-state index in [1.807, 2.05) is 6.07 Å². The number of benzene rings is 1. The van der Waals surface area contributed by atoms with Crippen LogP contribution >= 0.6 is 0 Å². The Labute approximate surface area is 126 Å². The standard InChI is InChI=1S/C16H25FN4/c1-4-8-18-9-7-16-19-14-12-13(17)5-6-15(14)21(16)11-10-20(2)3/h5-6,12,18H,4,7-11H2,1-3H3. The van der Waals surface area contributed by atoms with E-state index in [-0.39, 0.29) is 5.82 Å². The summed E-state index contributed by atoms with van der Waals surface area (Å²) >= 11 is 0.